The molecule has 15 heavy (non-hydrogen) atoms. The van der Waals surface area contributed by atoms with Gasteiger partial charge in [-0.1, -0.05) is 6.92 Å². The van der Waals surface area contributed by atoms with Crippen LogP contribution in [-0.2, 0) is 4.79 Å². The molecule has 1 spiro atoms. The maximum absolute atomic E-state index is 11.8. The van der Waals surface area contributed by atoms with E-state index in [0.29, 0.717) is 11.3 Å². The molecule has 0 bridgehead atoms. The van der Waals surface area contributed by atoms with E-state index in [1.54, 1.807) is 0 Å². The Morgan fingerprint density at radius 3 is 3.00 bits per heavy atom. The molecule has 0 saturated carbocycles. The largest absolute Gasteiger partial charge is 0.342 e. The van der Waals surface area contributed by atoms with Crippen LogP contribution in [0.15, 0.2) is 0 Å². The maximum atomic E-state index is 11.8. The van der Waals surface area contributed by atoms with Gasteiger partial charge in [-0.3, -0.25) is 4.79 Å². The van der Waals surface area contributed by atoms with E-state index >= 15 is 0 Å². The summed E-state index contributed by atoms with van der Waals surface area (Å²) < 4.78 is 0. The summed E-state index contributed by atoms with van der Waals surface area (Å²) in [5, 5.41) is 3.44. The highest BCUT2D eigenvalue weighted by Gasteiger charge is 2.38. The highest BCUT2D eigenvalue weighted by atomic mass is 16.2. The molecule has 0 aromatic carbocycles. The van der Waals surface area contributed by atoms with E-state index in [1.807, 2.05) is 0 Å². The summed E-state index contributed by atoms with van der Waals surface area (Å²) in [4.78, 5) is 13.9. The van der Waals surface area contributed by atoms with Gasteiger partial charge in [-0.2, -0.15) is 0 Å². The van der Waals surface area contributed by atoms with Crippen LogP contribution < -0.4 is 5.32 Å². The molecule has 1 N–H and O–H groups in total. The lowest BCUT2D eigenvalue weighted by Gasteiger charge is -2.40. The Hall–Kier alpha value is -0.570. The second-order valence-corrected chi connectivity index (χ2v) is 5.10. The molecule has 2 fully saturated rings. The summed E-state index contributed by atoms with van der Waals surface area (Å²) in [6.07, 6.45) is 5.44. The zero-order chi connectivity index (χ0) is 10.7. The second kappa shape index (κ2) is 4.52. The van der Waals surface area contributed by atoms with Crippen molar-refractivity contribution in [2.75, 3.05) is 26.2 Å². The van der Waals surface area contributed by atoms with Gasteiger partial charge < -0.3 is 10.2 Å². The number of carbonyl (C=O) groups is 1. The number of nitrogens with one attached hydrogen (secondary N) is 1. The minimum Gasteiger partial charge on any atom is -0.342 e. The monoisotopic (exact) mass is 210 g/mol. The Bertz CT molecular complexity index is 234. The quantitative estimate of drug-likeness (QED) is 0.747. The molecule has 2 saturated heterocycles. The molecule has 2 aliphatic heterocycles. The van der Waals surface area contributed by atoms with Gasteiger partial charge in [0, 0.05) is 31.5 Å². The van der Waals surface area contributed by atoms with Gasteiger partial charge in [0.25, 0.3) is 0 Å². The van der Waals surface area contributed by atoms with Crippen LogP contribution in [0, 0.1) is 5.41 Å². The van der Waals surface area contributed by atoms with Crippen LogP contribution in [0.2, 0.25) is 0 Å². The lowest BCUT2D eigenvalue weighted by atomic mass is 9.79. The van der Waals surface area contributed by atoms with Crippen molar-refractivity contribution in [3.8, 4) is 0 Å². The van der Waals surface area contributed by atoms with Crippen molar-refractivity contribution in [3.63, 3.8) is 0 Å². The maximum Gasteiger partial charge on any atom is 0.222 e. The van der Waals surface area contributed by atoms with Crippen LogP contribution in [0.3, 0.4) is 0 Å². The number of rotatable bonds is 2. The van der Waals surface area contributed by atoms with E-state index in [9.17, 15) is 4.79 Å². The molecule has 2 aliphatic rings. The van der Waals surface area contributed by atoms with E-state index < -0.39 is 0 Å². The Kier molecular flexibility index (Phi) is 3.29. The van der Waals surface area contributed by atoms with Crippen LogP contribution in [-0.4, -0.2) is 37.0 Å². The van der Waals surface area contributed by atoms with E-state index in [-0.39, 0.29) is 0 Å². The van der Waals surface area contributed by atoms with Crippen molar-refractivity contribution < 1.29 is 4.79 Å². The number of hydrogen-bond acceptors (Lipinski definition) is 2. The zero-order valence-electron chi connectivity index (χ0n) is 9.72. The summed E-state index contributed by atoms with van der Waals surface area (Å²) in [6, 6.07) is 0. The molecule has 0 aromatic heterocycles. The molecule has 3 heteroatoms. The molecule has 2 heterocycles. The first-order valence-corrected chi connectivity index (χ1v) is 6.24. The van der Waals surface area contributed by atoms with Gasteiger partial charge >= 0.3 is 0 Å². The van der Waals surface area contributed by atoms with Crippen LogP contribution in [0.1, 0.15) is 39.0 Å². The smallest absolute Gasteiger partial charge is 0.222 e. The van der Waals surface area contributed by atoms with Crippen molar-refractivity contribution >= 4 is 5.91 Å². The third-order valence-electron chi connectivity index (χ3n) is 3.81. The van der Waals surface area contributed by atoms with Gasteiger partial charge in [-0.05, 0) is 32.2 Å². The molecule has 0 radical (unpaired) electrons. The predicted octanol–water partition coefficient (Wildman–Crippen LogP) is 1.39. The van der Waals surface area contributed by atoms with Gasteiger partial charge in [0.2, 0.25) is 5.91 Å². The summed E-state index contributed by atoms with van der Waals surface area (Å²) in [5.74, 6) is 0.364. The Morgan fingerprint density at radius 1 is 1.47 bits per heavy atom. The Labute approximate surface area is 92.2 Å². The van der Waals surface area contributed by atoms with E-state index in [1.165, 1.54) is 19.3 Å². The van der Waals surface area contributed by atoms with Crippen molar-refractivity contribution in [1.82, 2.24) is 10.2 Å². The van der Waals surface area contributed by atoms with Crippen LogP contribution in [0.25, 0.3) is 0 Å². The number of carbonyl (C=O) groups excluding carboxylic acids is 1. The fraction of sp³-hybridized carbons (Fsp3) is 0.917. The van der Waals surface area contributed by atoms with Crippen molar-refractivity contribution in [3.05, 3.63) is 0 Å². The highest BCUT2D eigenvalue weighted by Crippen LogP contribution is 2.35. The fourth-order valence-electron chi connectivity index (χ4n) is 2.94. The molecule has 86 valence electrons. The normalized spacial score (nSPS) is 31.1. The lowest BCUT2D eigenvalue weighted by molar-refractivity contribution is -0.134. The van der Waals surface area contributed by atoms with Gasteiger partial charge in [0.1, 0.15) is 0 Å². The molecule has 2 rings (SSSR count). The predicted molar refractivity (Wildman–Crippen MR) is 60.6 cm³/mol. The molecule has 0 aliphatic carbocycles. The molecular formula is C12H22N2O. The zero-order valence-corrected chi connectivity index (χ0v) is 9.72. The third-order valence-corrected chi connectivity index (χ3v) is 3.81. The van der Waals surface area contributed by atoms with Gasteiger partial charge in [0.15, 0.2) is 0 Å². The van der Waals surface area contributed by atoms with Gasteiger partial charge in [-0.15, -0.1) is 0 Å². The number of hydrogen-bond donors (Lipinski definition) is 1. The highest BCUT2D eigenvalue weighted by molar-refractivity contribution is 5.76. The third kappa shape index (κ3) is 2.33. The topological polar surface area (TPSA) is 32.3 Å². The van der Waals surface area contributed by atoms with E-state index in [0.717, 1.165) is 39.0 Å². The van der Waals surface area contributed by atoms with Crippen molar-refractivity contribution in [2.24, 2.45) is 5.41 Å². The fourth-order valence-corrected chi connectivity index (χ4v) is 2.94. The molecule has 3 nitrogen and oxygen atoms in total. The summed E-state index contributed by atoms with van der Waals surface area (Å²) >= 11 is 0. The molecule has 1 unspecified atom stereocenters. The van der Waals surface area contributed by atoms with Crippen LogP contribution >= 0.6 is 0 Å². The number of nitrogens with zero attached hydrogens (tertiary/aromatic N) is 1. The minimum absolute atomic E-state index is 0.364. The SMILES string of the molecule is CCCC(=O)N1CCCC2(CCNC2)C1. The lowest BCUT2D eigenvalue weighted by Crippen LogP contribution is -2.47. The standard InChI is InChI=1S/C12H22N2O/c1-2-4-11(15)14-8-3-5-12(10-14)6-7-13-9-12/h13H,2-10H2,1H3. The van der Waals surface area contributed by atoms with Crippen LogP contribution in [0.5, 0.6) is 0 Å². The van der Waals surface area contributed by atoms with Gasteiger partial charge in [-0.25, -0.2) is 0 Å². The second-order valence-electron chi connectivity index (χ2n) is 5.10. The first kappa shape index (κ1) is 10.9. The number of likely N-dealkylation sites (tertiary alicyclic amines) is 1. The number of piperidine rings is 1. The van der Waals surface area contributed by atoms with E-state index in [4.69, 9.17) is 0 Å². The first-order valence-electron chi connectivity index (χ1n) is 6.24. The van der Waals surface area contributed by atoms with Crippen molar-refractivity contribution in [2.45, 2.75) is 39.0 Å². The first-order chi connectivity index (χ1) is 7.26. The Morgan fingerprint density at radius 2 is 2.33 bits per heavy atom. The summed E-state index contributed by atoms with van der Waals surface area (Å²) in [7, 11) is 0. The molecular weight excluding hydrogens is 188 g/mol. The average molecular weight is 210 g/mol. The Balaban J connectivity index is 1.94. The average Bonchev–Trinajstić information content (AvgIpc) is 2.67. The summed E-state index contributed by atoms with van der Waals surface area (Å²) in [5.41, 5.74) is 0.418. The van der Waals surface area contributed by atoms with Gasteiger partial charge in [0.05, 0.1) is 0 Å². The van der Waals surface area contributed by atoms with Crippen LogP contribution in [0.4, 0.5) is 0 Å². The molecule has 0 aromatic rings. The minimum atomic E-state index is 0.364. The number of amides is 1. The molecule has 1 atom stereocenters. The molecule has 1 amide bonds. The van der Waals surface area contributed by atoms with E-state index in [2.05, 4.69) is 17.1 Å². The van der Waals surface area contributed by atoms with Crippen molar-refractivity contribution in [1.29, 1.82) is 0 Å². The summed E-state index contributed by atoms with van der Waals surface area (Å²) in [6.45, 7) is 6.31.